The summed E-state index contributed by atoms with van der Waals surface area (Å²) in [6, 6.07) is 8.83. The topological polar surface area (TPSA) is 38.8 Å². The number of ether oxygens (including phenoxy) is 2. The van der Waals surface area contributed by atoms with Crippen LogP contribution in [0.3, 0.4) is 0 Å². The Morgan fingerprint density at radius 2 is 2.25 bits per heavy atom. The van der Waals surface area contributed by atoms with E-state index in [9.17, 15) is 4.79 Å². The largest absolute Gasteiger partial charge is 0.496 e. The molecule has 2 atom stereocenters. The van der Waals surface area contributed by atoms with Crippen molar-refractivity contribution in [2.24, 2.45) is 0 Å². The van der Waals surface area contributed by atoms with Gasteiger partial charge in [-0.3, -0.25) is 4.90 Å². The Kier molecular flexibility index (Phi) is 3.96. The highest BCUT2D eigenvalue weighted by Gasteiger charge is 2.40. The predicted octanol–water partition coefficient (Wildman–Crippen LogP) is 4.69. The van der Waals surface area contributed by atoms with Crippen LogP contribution in [0.5, 0.6) is 5.75 Å². The van der Waals surface area contributed by atoms with Gasteiger partial charge in [-0.2, -0.15) is 0 Å². The lowest BCUT2D eigenvalue weighted by Gasteiger charge is -2.32. The molecule has 0 aliphatic carbocycles. The third kappa shape index (κ3) is 2.47. The van der Waals surface area contributed by atoms with Gasteiger partial charge in [0.05, 0.1) is 19.8 Å². The summed E-state index contributed by atoms with van der Waals surface area (Å²) in [5.74, 6) is 0.919. The van der Waals surface area contributed by atoms with Crippen molar-refractivity contribution < 1.29 is 14.3 Å². The zero-order chi connectivity index (χ0) is 16.7. The fourth-order valence-corrected chi connectivity index (χ4v) is 4.98. The fraction of sp³-hybridized carbons (Fsp3) is 0.421. The number of methoxy groups -OCH3 is 1. The molecule has 1 aromatic carbocycles. The first-order valence-corrected chi connectivity index (χ1v) is 9.25. The van der Waals surface area contributed by atoms with Crippen LogP contribution >= 0.6 is 11.3 Å². The minimum atomic E-state index is -0.168. The lowest BCUT2D eigenvalue weighted by molar-refractivity contribution is 0.0933. The summed E-state index contributed by atoms with van der Waals surface area (Å²) in [6.07, 6.45) is 5.08. The van der Waals surface area contributed by atoms with E-state index in [4.69, 9.17) is 9.47 Å². The van der Waals surface area contributed by atoms with Crippen LogP contribution in [0.25, 0.3) is 15.7 Å². The van der Waals surface area contributed by atoms with Crippen LogP contribution in [-0.2, 0) is 4.74 Å². The van der Waals surface area contributed by atoms with Gasteiger partial charge in [0.2, 0.25) is 0 Å². The van der Waals surface area contributed by atoms with E-state index >= 15 is 0 Å². The average molecular weight is 343 g/mol. The number of benzene rings is 1. The molecule has 0 N–H and O–H groups in total. The predicted molar refractivity (Wildman–Crippen MR) is 96.6 cm³/mol. The number of carbonyl (C=O) groups is 1. The molecule has 126 valence electrons. The molecule has 4 rings (SSSR count). The monoisotopic (exact) mass is 343 g/mol. The highest BCUT2D eigenvalue weighted by molar-refractivity contribution is 7.20. The minimum Gasteiger partial charge on any atom is -0.496 e. The highest BCUT2D eigenvalue weighted by atomic mass is 32.1. The van der Waals surface area contributed by atoms with Crippen molar-refractivity contribution in [2.45, 2.75) is 38.3 Å². The minimum absolute atomic E-state index is 0.168. The first kappa shape index (κ1) is 15.5. The van der Waals surface area contributed by atoms with E-state index in [2.05, 4.69) is 18.2 Å². The number of hydrogen-bond donors (Lipinski definition) is 0. The molecule has 0 radical (unpaired) electrons. The van der Waals surface area contributed by atoms with Crippen LogP contribution < -0.4 is 4.74 Å². The molecule has 1 aromatic heterocycles. The van der Waals surface area contributed by atoms with Gasteiger partial charge in [-0.1, -0.05) is 12.1 Å². The molecule has 24 heavy (non-hydrogen) atoms. The smallest absolute Gasteiger partial charge is 0.410 e. The van der Waals surface area contributed by atoms with E-state index in [1.807, 2.05) is 24.0 Å². The number of nitrogens with zero attached hydrogens (tertiary/aromatic N) is 1. The molecule has 5 heteroatoms. The first-order valence-electron chi connectivity index (χ1n) is 8.44. The van der Waals surface area contributed by atoms with Crippen molar-refractivity contribution in [3.63, 3.8) is 0 Å². The molecule has 1 fully saturated rings. The van der Waals surface area contributed by atoms with Gasteiger partial charge in [-0.25, -0.2) is 4.79 Å². The van der Waals surface area contributed by atoms with Gasteiger partial charge >= 0.3 is 6.09 Å². The second kappa shape index (κ2) is 6.13. The first-order chi connectivity index (χ1) is 11.7. The Balaban J connectivity index is 1.67. The van der Waals surface area contributed by atoms with Gasteiger partial charge < -0.3 is 9.47 Å². The number of thiophene rings is 1. The number of fused-ring (bicyclic) bond motifs is 3. The Hall–Kier alpha value is -2.01. The van der Waals surface area contributed by atoms with Gasteiger partial charge in [0.15, 0.2) is 0 Å². The van der Waals surface area contributed by atoms with Crippen LogP contribution in [0.4, 0.5) is 4.79 Å². The van der Waals surface area contributed by atoms with Crippen LogP contribution in [-0.4, -0.2) is 36.8 Å². The number of amides is 1. The molecule has 1 amide bonds. The standard InChI is InChI=1S/C19H21NO3S/c1-3-23-19(21)20-13-7-8-14(20)10-12(9-13)18-11-15-16(22-2)5-4-6-17(15)24-18/h4-6,9,11,13-14H,3,7-8,10H2,1-2H3. The summed E-state index contributed by atoms with van der Waals surface area (Å²) in [5, 5.41) is 1.17. The maximum Gasteiger partial charge on any atom is 0.410 e. The number of hydrogen-bond acceptors (Lipinski definition) is 4. The molecule has 3 heterocycles. The maximum atomic E-state index is 12.2. The van der Waals surface area contributed by atoms with Crippen molar-refractivity contribution in [3.05, 3.63) is 35.2 Å². The van der Waals surface area contributed by atoms with Crippen molar-refractivity contribution in [2.75, 3.05) is 13.7 Å². The van der Waals surface area contributed by atoms with Crippen molar-refractivity contribution >= 4 is 33.1 Å². The van der Waals surface area contributed by atoms with E-state index in [-0.39, 0.29) is 18.2 Å². The van der Waals surface area contributed by atoms with E-state index in [1.165, 1.54) is 20.5 Å². The summed E-state index contributed by atoms with van der Waals surface area (Å²) >= 11 is 1.80. The maximum absolute atomic E-state index is 12.2. The zero-order valence-corrected chi connectivity index (χ0v) is 14.8. The van der Waals surface area contributed by atoms with Gasteiger partial charge in [0.25, 0.3) is 0 Å². The molecule has 2 aliphatic heterocycles. The summed E-state index contributed by atoms with van der Waals surface area (Å²) in [5.41, 5.74) is 1.35. The van der Waals surface area contributed by atoms with Crippen LogP contribution in [0.2, 0.25) is 0 Å². The number of rotatable bonds is 3. The molecular formula is C19H21NO3S. The zero-order valence-electron chi connectivity index (χ0n) is 14.0. The van der Waals surface area contributed by atoms with Crippen molar-refractivity contribution in [3.8, 4) is 5.75 Å². The molecule has 2 unspecified atom stereocenters. The third-order valence-electron chi connectivity index (χ3n) is 4.93. The summed E-state index contributed by atoms with van der Waals surface area (Å²) in [4.78, 5) is 15.4. The van der Waals surface area contributed by atoms with Crippen LogP contribution in [0.15, 0.2) is 30.3 Å². The lowest BCUT2D eigenvalue weighted by atomic mass is 10.00. The molecule has 0 saturated carbocycles. The van der Waals surface area contributed by atoms with Crippen LogP contribution in [0, 0.1) is 0 Å². The lowest BCUT2D eigenvalue weighted by Crippen LogP contribution is -2.43. The van der Waals surface area contributed by atoms with Crippen molar-refractivity contribution in [1.29, 1.82) is 0 Å². The highest BCUT2D eigenvalue weighted by Crippen LogP contribution is 2.43. The molecule has 2 aliphatic rings. The third-order valence-corrected chi connectivity index (χ3v) is 6.11. The average Bonchev–Trinajstić information content (AvgIpc) is 3.13. The Bertz CT molecular complexity index is 810. The van der Waals surface area contributed by atoms with Crippen LogP contribution in [0.1, 0.15) is 31.1 Å². The van der Waals surface area contributed by atoms with Gasteiger partial charge in [-0.05, 0) is 50.0 Å². The van der Waals surface area contributed by atoms with Crippen molar-refractivity contribution in [1.82, 2.24) is 4.90 Å². The summed E-state index contributed by atoms with van der Waals surface area (Å²) in [7, 11) is 1.71. The molecular weight excluding hydrogens is 322 g/mol. The Morgan fingerprint density at radius 3 is 3.00 bits per heavy atom. The Labute approximate surface area is 145 Å². The molecule has 4 nitrogen and oxygen atoms in total. The normalized spacial score (nSPS) is 22.6. The molecule has 0 spiro atoms. The number of carbonyl (C=O) groups excluding carboxylic acids is 1. The van der Waals surface area contributed by atoms with E-state index < -0.39 is 0 Å². The fourth-order valence-electron chi connectivity index (χ4n) is 3.87. The Morgan fingerprint density at radius 1 is 1.38 bits per heavy atom. The molecule has 1 saturated heterocycles. The molecule has 2 aromatic rings. The van der Waals surface area contributed by atoms with E-state index in [1.54, 1.807) is 18.4 Å². The second-order valence-electron chi connectivity index (χ2n) is 6.28. The second-order valence-corrected chi connectivity index (χ2v) is 7.37. The van der Waals surface area contributed by atoms with E-state index in [0.29, 0.717) is 6.61 Å². The summed E-state index contributed by atoms with van der Waals surface area (Å²) in [6.45, 7) is 2.29. The summed E-state index contributed by atoms with van der Waals surface area (Å²) < 4.78 is 11.9. The molecule has 2 bridgehead atoms. The van der Waals surface area contributed by atoms with Gasteiger partial charge in [-0.15, -0.1) is 11.3 Å². The van der Waals surface area contributed by atoms with E-state index in [0.717, 1.165) is 25.0 Å². The van der Waals surface area contributed by atoms with Gasteiger partial charge in [0, 0.05) is 21.0 Å². The van der Waals surface area contributed by atoms with Gasteiger partial charge in [0.1, 0.15) is 5.75 Å². The SMILES string of the molecule is CCOC(=O)N1C2C=C(c3cc4c(OC)cccc4s3)CC1CC2. The quantitative estimate of drug-likeness (QED) is 0.812.